The molecule has 7 nitrogen and oxygen atoms in total. The van der Waals surface area contributed by atoms with Crippen LogP contribution in [0.4, 0.5) is 23.0 Å². The largest absolute Gasteiger partial charge is 0.497 e. The third-order valence-electron chi connectivity index (χ3n) is 5.86. The fraction of sp³-hybridized carbons (Fsp3) is 0.238. The number of hydrogen-bond donors (Lipinski definition) is 3. The third-order valence-corrected chi connectivity index (χ3v) is 5.86. The van der Waals surface area contributed by atoms with E-state index in [4.69, 9.17) is 9.53 Å². The van der Waals surface area contributed by atoms with Crippen LogP contribution in [-0.2, 0) is 4.79 Å². The molecule has 3 N–H and O–H groups in total. The first-order valence-corrected chi connectivity index (χ1v) is 16.2. The average Bonchev–Trinajstić information content (AvgIpc) is 3.12. The summed E-state index contributed by atoms with van der Waals surface area (Å²) in [6, 6.07) is 22.6. The molecule has 0 radical (unpaired) electrons. The molecule has 262 valence electrons. The summed E-state index contributed by atoms with van der Waals surface area (Å²) >= 11 is 0. The lowest BCUT2D eigenvalue weighted by Gasteiger charge is -2.12. The summed E-state index contributed by atoms with van der Waals surface area (Å²) < 4.78 is 5.31. The highest BCUT2D eigenvalue weighted by molar-refractivity contribution is 5.75. The van der Waals surface area contributed by atoms with Crippen molar-refractivity contribution in [3.63, 3.8) is 0 Å². The molecule has 7 heteroatoms. The Balaban J connectivity index is 0. The Kier molecular flexibility index (Phi) is 26.5. The SMILES string of the molecule is C/C=C\C=C/c1cnc(NC)c(Nc2cc(C)cc(OC)c2)n1.C=C(Nc1cccc(C)c1)c1ccc(C)cc1.C=C=C.C=O.CC.CC. The van der Waals surface area contributed by atoms with Gasteiger partial charge < -0.3 is 25.5 Å². The van der Waals surface area contributed by atoms with E-state index in [0.717, 1.165) is 39.6 Å². The predicted octanol–water partition coefficient (Wildman–Crippen LogP) is 11.4. The maximum absolute atomic E-state index is 8.00. The van der Waals surface area contributed by atoms with Crippen molar-refractivity contribution < 1.29 is 9.53 Å². The summed E-state index contributed by atoms with van der Waals surface area (Å²) in [5.74, 6) is 2.16. The number of rotatable bonds is 9. The third kappa shape index (κ3) is 18.9. The zero-order chi connectivity index (χ0) is 37.6. The molecule has 0 aliphatic carbocycles. The number of allylic oxidation sites excluding steroid dienone is 3. The molecule has 0 amide bonds. The van der Waals surface area contributed by atoms with Crippen LogP contribution in [0.2, 0.25) is 0 Å². The summed E-state index contributed by atoms with van der Waals surface area (Å²) in [5, 5.41) is 9.67. The number of aryl methyl sites for hydroxylation is 3. The Morgan fingerprint density at radius 3 is 1.98 bits per heavy atom. The Morgan fingerprint density at radius 2 is 1.43 bits per heavy atom. The van der Waals surface area contributed by atoms with Gasteiger partial charge in [0.1, 0.15) is 12.5 Å². The van der Waals surface area contributed by atoms with Crippen molar-refractivity contribution in [1.82, 2.24) is 9.97 Å². The van der Waals surface area contributed by atoms with Gasteiger partial charge in [0, 0.05) is 30.2 Å². The van der Waals surface area contributed by atoms with E-state index in [0.29, 0.717) is 11.6 Å². The number of anilines is 4. The first-order chi connectivity index (χ1) is 23.7. The minimum absolute atomic E-state index is 0.669. The van der Waals surface area contributed by atoms with Crippen LogP contribution >= 0.6 is 0 Å². The summed E-state index contributed by atoms with van der Waals surface area (Å²) in [6.07, 6.45) is 9.49. The number of carbonyl (C=O) groups is 1. The number of nitrogens with one attached hydrogen (secondary N) is 3. The Labute approximate surface area is 296 Å². The second kappa shape index (κ2) is 28.6. The van der Waals surface area contributed by atoms with Gasteiger partial charge in [-0.3, -0.25) is 0 Å². The van der Waals surface area contributed by atoms with Crippen molar-refractivity contribution in [3.8, 4) is 5.75 Å². The first-order valence-electron chi connectivity index (χ1n) is 16.2. The number of nitrogens with zero attached hydrogens (tertiary/aromatic N) is 2. The predicted molar refractivity (Wildman–Crippen MR) is 216 cm³/mol. The van der Waals surface area contributed by atoms with Crippen LogP contribution < -0.4 is 20.7 Å². The van der Waals surface area contributed by atoms with Crippen LogP contribution in [0.3, 0.4) is 0 Å². The molecule has 0 aliphatic rings. The van der Waals surface area contributed by atoms with Crippen molar-refractivity contribution in [3.05, 3.63) is 145 Å². The molecule has 0 saturated carbocycles. The quantitative estimate of drug-likeness (QED) is 0.121. The molecule has 4 aromatic rings. The molecule has 0 spiro atoms. The number of ether oxygens (including phenoxy) is 1. The standard InChI is InChI=1S/C18H22N4O.C16H17N.C3H4.2C2H6.CH2O/c1-5-6-7-8-14-12-20-17(19-3)18(21-14)22-15-9-13(2)10-16(11-15)23-4;1-12-7-9-15(10-8-12)14(3)17-16-6-4-5-13(2)11-16;1-3-2;3*1-2/h5-12H,1-4H3,(H,19,20)(H,21,22);4-11,17H,3H2,1-2H3;1-2H2;2*1-2H3;1H2/b6-5-,8-7-;;;;;. The molecule has 1 heterocycles. The van der Waals surface area contributed by atoms with Crippen molar-refractivity contribution in [2.24, 2.45) is 0 Å². The lowest BCUT2D eigenvalue weighted by Crippen LogP contribution is -2.03. The topological polar surface area (TPSA) is 88.2 Å². The molecule has 1 aromatic heterocycles. The molecule has 0 unspecified atom stereocenters. The smallest absolute Gasteiger partial charge is 0.174 e. The minimum atomic E-state index is 0.669. The van der Waals surface area contributed by atoms with Crippen molar-refractivity contribution in [2.75, 3.05) is 30.1 Å². The minimum Gasteiger partial charge on any atom is -0.497 e. The second-order valence-corrected chi connectivity index (χ2v) is 9.58. The zero-order valence-corrected chi connectivity index (χ0v) is 31.3. The van der Waals surface area contributed by atoms with E-state index >= 15 is 0 Å². The fourth-order valence-corrected chi connectivity index (χ4v) is 3.82. The highest BCUT2D eigenvalue weighted by Gasteiger charge is 2.07. The molecule has 0 aliphatic heterocycles. The van der Waals surface area contributed by atoms with Gasteiger partial charge in [-0.25, -0.2) is 9.97 Å². The number of hydrogen-bond acceptors (Lipinski definition) is 7. The van der Waals surface area contributed by atoms with Crippen LogP contribution in [0.15, 0.2) is 117 Å². The highest BCUT2D eigenvalue weighted by Crippen LogP contribution is 2.26. The molecule has 0 fully saturated rings. The van der Waals surface area contributed by atoms with Crippen molar-refractivity contribution in [1.29, 1.82) is 0 Å². The molecule has 0 bridgehead atoms. The number of aromatic nitrogens is 2. The van der Waals surface area contributed by atoms with Gasteiger partial charge in [-0.05, 0) is 74.7 Å². The lowest BCUT2D eigenvalue weighted by atomic mass is 10.1. The molecular formula is C42H57N5O2. The summed E-state index contributed by atoms with van der Waals surface area (Å²) in [7, 11) is 3.48. The van der Waals surface area contributed by atoms with E-state index < -0.39 is 0 Å². The molecule has 0 saturated heterocycles. The van der Waals surface area contributed by atoms with Gasteiger partial charge >= 0.3 is 0 Å². The maximum atomic E-state index is 8.00. The highest BCUT2D eigenvalue weighted by atomic mass is 16.5. The van der Waals surface area contributed by atoms with E-state index in [1.54, 1.807) is 13.3 Å². The van der Waals surface area contributed by atoms with Crippen LogP contribution in [-0.4, -0.2) is 30.9 Å². The van der Waals surface area contributed by atoms with Crippen molar-refractivity contribution >= 4 is 41.6 Å². The van der Waals surface area contributed by atoms with Gasteiger partial charge in [0.05, 0.1) is 19.0 Å². The summed E-state index contributed by atoms with van der Waals surface area (Å²) in [6.45, 7) is 28.5. The van der Waals surface area contributed by atoms with E-state index in [1.165, 1.54) is 11.1 Å². The van der Waals surface area contributed by atoms with E-state index in [9.17, 15) is 0 Å². The first kappa shape index (κ1) is 45.5. The summed E-state index contributed by atoms with van der Waals surface area (Å²) in [5.41, 5.74) is 10.7. The van der Waals surface area contributed by atoms with Gasteiger partial charge in [-0.1, -0.05) is 108 Å². The van der Waals surface area contributed by atoms with Gasteiger partial charge in [0.25, 0.3) is 0 Å². The van der Waals surface area contributed by atoms with Crippen molar-refractivity contribution in [2.45, 2.75) is 55.4 Å². The van der Waals surface area contributed by atoms with E-state index in [-0.39, 0.29) is 0 Å². The Morgan fingerprint density at radius 1 is 0.816 bits per heavy atom. The average molecular weight is 664 g/mol. The van der Waals surface area contributed by atoms with Crippen LogP contribution in [0, 0.1) is 20.8 Å². The Bertz CT molecular complexity index is 1590. The summed E-state index contributed by atoms with van der Waals surface area (Å²) in [4.78, 5) is 17.0. The maximum Gasteiger partial charge on any atom is 0.174 e. The Hall–Kier alpha value is -5.65. The molecule has 0 atom stereocenters. The fourth-order valence-electron chi connectivity index (χ4n) is 3.82. The second-order valence-electron chi connectivity index (χ2n) is 9.58. The van der Waals surface area contributed by atoms with Gasteiger partial charge in [-0.2, -0.15) is 0 Å². The number of methoxy groups -OCH3 is 1. The van der Waals surface area contributed by atoms with Crippen LogP contribution in [0.25, 0.3) is 11.8 Å². The zero-order valence-electron chi connectivity index (χ0n) is 31.3. The monoisotopic (exact) mass is 663 g/mol. The number of benzene rings is 3. The van der Waals surface area contributed by atoms with Gasteiger partial charge in [0.15, 0.2) is 11.6 Å². The normalized spacial score (nSPS) is 9.18. The van der Waals surface area contributed by atoms with Gasteiger partial charge in [0.2, 0.25) is 0 Å². The molecule has 49 heavy (non-hydrogen) atoms. The van der Waals surface area contributed by atoms with Gasteiger partial charge in [-0.15, -0.1) is 5.73 Å². The molecular weight excluding hydrogens is 606 g/mol. The van der Waals surface area contributed by atoms with Crippen LogP contribution in [0.5, 0.6) is 5.75 Å². The number of carbonyl (C=O) groups excluding carboxylic acids is 1. The van der Waals surface area contributed by atoms with E-state index in [2.05, 4.69) is 102 Å². The van der Waals surface area contributed by atoms with Crippen LogP contribution in [0.1, 0.15) is 62.6 Å². The molecule has 4 rings (SSSR count). The van der Waals surface area contributed by atoms with E-state index in [1.807, 2.05) is 110 Å². The lowest BCUT2D eigenvalue weighted by molar-refractivity contribution is -0.0980. The molecule has 3 aromatic carbocycles.